The molecule has 1 aliphatic heterocycles. The van der Waals surface area contributed by atoms with Gasteiger partial charge in [-0.2, -0.15) is 11.3 Å². The van der Waals surface area contributed by atoms with E-state index in [1.54, 1.807) is 16.2 Å². The summed E-state index contributed by atoms with van der Waals surface area (Å²) in [6, 6.07) is 12.1. The van der Waals surface area contributed by atoms with Crippen LogP contribution in [0.5, 0.6) is 0 Å². The highest BCUT2D eigenvalue weighted by Gasteiger charge is 2.34. The van der Waals surface area contributed by atoms with Crippen molar-refractivity contribution in [3.63, 3.8) is 0 Å². The molecule has 2 heterocycles. The Morgan fingerprint density at radius 2 is 2.08 bits per heavy atom. The molecule has 1 saturated heterocycles. The number of hydrogen-bond donors (Lipinski definition) is 1. The second-order valence-electron chi connectivity index (χ2n) is 6.94. The van der Waals surface area contributed by atoms with E-state index in [1.807, 2.05) is 49.8 Å². The Morgan fingerprint density at radius 1 is 1.31 bits per heavy atom. The number of nitrogens with zero attached hydrogens (tertiary/aromatic N) is 2. The second-order valence-corrected chi connectivity index (χ2v) is 7.72. The lowest BCUT2D eigenvalue weighted by molar-refractivity contribution is -0.129. The molecule has 1 aromatic heterocycles. The smallest absolute Gasteiger partial charge is 0.225 e. The maximum absolute atomic E-state index is 12.6. The van der Waals surface area contributed by atoms with Crippen molar-refractivity contribution < 1.29 is 9.59 Å². The highest BCUT2D eigenvalue weighted by molar-refractivity contribution is 7.07. The summed E-state index contributed by atoms with van der Waals surface area (Å²) in [5.41, 5.74) is 2.29. The number of thiophene rings is 1. The Bertz CT molecular complexity index is 731. The van der Waals surface area contributed by atoms with Crippen molar-refractivity contribution in [2.45, 2.75) is 19.0 Å². The van der Waals surface area contributed by atoms with Crippen molar-refractivity contribution in [2.24, 2.45) is 5.92 Å². The van der Waals surface area contributed by atoms with E-state index >= 15 is 0 Å². The Morgan fingerprint density at radius 3 is 2.73 bits per heavy atom. The van der Waals surface area contributed by atoms with E-state index in [-0.39, 0.29) is 23.8 Å². The largest absolute Gasteiger partial charge is 0.354 e. The number of likely N-dealkylation sites (N-methyl/N-ethyl adjacent to an activating group) is 1. The fourth-order valence-corrected chi connectivity index (χ4v) is 4.02. The first-order chi connectivity index (χ1) is 12.5. The molecule has 1 aromatic carbocycles. The predicted molar refractivity (Wildman–Crippen MR) is 104 cm³/mol. The molecule has 0 aliphatic carbocycles. The molecule has 2 amide bonds. The molecule has 3 rings (SSSR count). The number of carbonyl (C=O) groups is 2. The molecule has 0 unspecified atom stereocenters. The lowest BCUT2D eigenvalue weighted by atomic mass is 10.1. The van der Waals surface area contributed by atoms with Crippen LogP contribution in [0.15, 0.2) is 47.2 Å². The zero-order valence-corrected chi connectivity index (χ0v) is 16.0. The van der Waals surface area contributed by atoms with Crippen molar-refractivity contribution in [1.29, 1.82) is 0 Å². The predicted octanol–water partition coefficient (Wildman–Crippen LogP) is 2.52. The van der Waals surface area contributed by atoms with Crippen LogP contribution in [-0.2, 0) is 16.1 Å². The molecule has 1 N–H and O–H groups in total. The van der Waals surface area contributed by atoms with E-state index in [4.69, 9.17) is 0 Å². The highest BCUT2D eigenvalue weighted by atomic mass is 32.1. The Kier molecular flexibility index (Phi) is 6.06. The molecule has 2 atom stereocenters. The minimum absolute atomic E-state index is 0.0315. The summed E-state index contributed by atoms with van der Waals surface area (Å²) >= 11 is 1.66. The third kappa shape index (κ3) is 4.51. The van der Waals surface area contributed by atoms with Gasteiger partial charge in [0.1, 0.15) is 0 Å². The Labute approximate surface area is 158 Å². The SMILES string of the molecule is CN(C)[C@@H](CNC(=O)[C@@H]1CC(=O)N(Cc2ccccc2)C1)c1ccsc1. The average molecular weight is 372 g/mol. The molecule has 0 radical (unpaired) electrons. The van der Waals surface area contributed by atoms with Gasteiger partial charge in [0.25, 0.3) is 0 Å². The van der Waals surface area contributed by atoms with Gasteiger partial charge < -0.3 is 15.1 Å². The summed E-state index contributed by atoms with van der Waals surface area (Å²) in [5, 5.41) is 7.20. The standard InChI is InChI=1S/C20H25N3O2S/c1-22(2)18(16-8-9-26-14-16)11-21-20(25)17-10-19(24)23(13-17)12-15-6-4-3-5-7-15/h3-9,14,17-18H,10-13H2,1-2H3,(H,21,25)/t17-,18+/m1/s1. The summed E-state index contributed by atoms with van der Waals surface area (Å²) in [7, 11) is 4.02. The molecule has 5 nitrogen and oxygen atoms in total. The monoisotopic (exact) mass is 371 g/mol. The molecule has 26 heavy (non-hydrogen) atoms. The molecular weight excluding hydrogens is 346 g/mol. The van der Waals surface area contributed by atoms with E-state index in [1.165, 1.54) is 5.56 Å². The summed E-state index contributed by atoms with van der Waals surface area (Å²) in [6.45, 7) is 1.61. The molecule has 1 fully saturated rings. The Hall–Kier alpha value is -2.18. The van der Waals surface area contributed by atoms with Gasteiger partial charge in [-0.1, -0.05) is 30.3 Å². The van der Waals surface area contributed by atoms with E-state index < -0.39 is 0 Å². The van der Waals surface area contributed by atoms with E-state index in [9.17, 15) is 9.59 Å². The van der Waals surface area contributed by atoms with Crippen LogP contribution >= 0.6 is 11.3 Å². The van der Waals surface area contributed by atoms with Crippen LogP contribution in [0.3, 0.4) is 0 Å². The van der Waals surface area contributed by atoms with E-state index in [2.05, 4.69) is 21.7 Å². The van der Waals surface area contributed by atoms with Crippen LogP contribution in [0.25, 0.3) is 0 Å². The molecule has 6 heteroatoms. The van der Waals surface area contributed by atoms with Gasteiger partial charge in [0.05, 0.1) is 12.0 Å². The number of rotatable bonds is 7. The highest BCUT2D eigenvalue weighted by Crippen LogP contribution is 2.22. The average Bonchev–Trinajstić information content (AvgIpc) is 3.26. The minimum Gasteiger partial charge on any atom is -0.354 e. The summed E-state index contributed by atoms with van der Waals surface area (Å²) in [6.07, 6.45) is 0.295. The van der Waals surface area contributed by atoms with Gasteiger partial charge in [0, 0.05) is 26.1 Å². The van der Waals surface area contributed by atoms with Gasteiger partial charge >= 0.3 is 0 Å². The minimum atomic E-state index is -0.267. The number of likely N-dealkylation sites (tertiary alicyclic amines) is 1. The molecule has 0 saturated carbocycles. The van der Waals surface area contributed by atoms with Crippen molar-refractivity contribution in [2.75, 3.05) is 27.2 Å². The van der Waals surface area contributed by atoms with Gasteiger partial charge in [-0.25, -0.2) is 0 Å². The fourth-order valence-electron chi connectivity index (χ4n) is 3.31. The van der Waals surface area contributed by atoms with E-state index in [0.717, 1.165) is 5.56 Å². The van der Waals surface area contributed by atoms with Crippen LogP contribution in [0, 0.1) is 5.92 Å². The van der Waals surface area contributed by atoms with Gasteiger partial charge in [-0.3, -0.25) is 9.59 Å². The normalized spacial score (nSPS) is 18.3. The van der Waals surface area contributed by atoms with Gasteiger partial charge in [-0.05, 0) is 42.0 Å². The molecule has 2 aromatic rings. The van der Waals surface area contributed by atoms with Crippen LogP contribution in [0.4, 0.5) is 0 Å². The summed E-state index contributed by atoms with van der Waals surface area (Å²) in [4.78, 5) is 28.7. The fraction of sp³-hybridized carbons (Fsp3) is 0.400. The number of amides is 2. The number of hydrogen-bond acceptors (Lipinski definition) is 4. The van der Waals surface area contributed by atoms with Crippen molar-refractivity contribution >= 4 is 23.2 Å². The van der Waals surface area contributed by atoms with E-state index in [0.29, 0.717) is 26.1 Å². The topological polar surface area (TPSA) is 52.7 Å². The maximum Gasteiger partial charge on any atom is 0.225 e. The zero-order chi connectivity index (χ0) is 18.5. The molecule has 0 spiro atoms. The maximum atomic E-state index is 12.6. The van der Waals surface area contributed by atoms with Gasteiger partial charge in [0.15, 0.2) is 0 Å². The summed E-state index contributed by atoms with van der Waals surface area (Å²) < 4.78 is 0. The number of nitrogens with one attached hydrogen (secondary N) is 1. The van der Waals surface area contributed by atoms with Crippen LogP contribution in [-0.4, -0.2) is 48.8 Å². The van der Waals surface area contributed by atoms with Crippen molar-refractivity contribution in [3.8, 4) is 0 Å². The first-order valence-corrected chi connectivity index (χ1v) is 9.77. The lowest BCUT2D eigenvalue weighted by Crippen LogP contribution is -2.38. The zero-order valence-electron chi connectivity index (χ0n) is 15.2. The molecule has 138 valence electrons. The quantitative estimate of drug-likeness (QED) is 0.814. The summed E-state index contributed by atoms with van der Waals surface area (Å²) in [5.74, 6) is -0.247. The van der Waals surface area contributed by atoms with Crippen molar-refractivity contribution in [1.82, 2.24) is 15.1 Å². The number of benzene rings is 1. The lowest BCUT2D eigenvalue weighted by Gasteiger charge is -2.24. The third-order valence-electron chi connectivity index (χ3n) is 4.82. The molecule has 1 aliphatic rings. The first kappa shape index (κ1) is 18.6. The van der Waals surface area contributed by atoms with Gasteiger partial charge in [0.2, 0.25) is 11.8 Å². The second kappa shape index (κ2) is 8.47. The van der Waals surface area contributed by atoms with Crippen LogP contribution in [0.2, 0.25) is 0 Å². The number of carbonyl (C=O) groups excluding carboxylic acids is 2. The third-order valence-corrected chi connectivity index (χ3v) is 5.52. The van der Waals surface area contributed by atoms with Gasteiger partial charge in [-0.15, -0.1) is 0 Å². The van der Waals surface area contributed by atoms with Crippen LogP contribution < -0.4 is 5.32 Å². The Balaban J connectivity index is 1.54. The molecular formula is C20H25N3O2S. The van der Waals surface area contributed by atoms with Crippen LogP contribution in [0.1, 0.15) is 23.6 Å². The first-order valence-electron chi connectivity index (χ1n) is 8.82. The van der Waals surface area contributed by atoms with Crippen molar-refractivity contribution in [3.05, 3.63) is 58.3 Å². The molecule has 0 bridgehead atoms.